The van der Waals surface area contributed by atoms with Gasteiger partial charge in [-0.25, -0.2) is 0 Å². The lowest BCUT2D eigenvalue weighted by molar-refractivity contribution is 0.0498. The fourth-order valence-electron chi connectivity index (χ4n) is 4.08. The molecule has 3 aliphatic rings. The minimum absolute atomic E-state index is 0.414. The van der Waals surface area contributed by atoms with Gasteiger partial charge in [-0.05, 0) is 50.4 Å². The van der Waals surface area contributed by atoms with Crippen LogP contribution in [0.1, 0.15) is 59.3 Å². The van der Waals surface area contributed by atoms with Gasteiger partial charge in [0.25, 0.3) is 0 Å². The van der Waals surface area contributed by atoms with E-state index in [4.69, 9.17) is 0 Å². The Morgan fingerprint density at radius 2 is 1.84 bits per heavy atom. The summed E-state index contributed by atoms with van der Waals surface area (Å²) >= 11 is 0. The van der Waals surface area contributed by atoms with E-state index in [1.54, 1.807) is 0 Å². The highest BCUT2D eigenvalue weighted by molar-refractivity contribution is 5.06. The van der Waals surface area contributed by atoms with E-state index >= 15 is 0 Å². The summed E-state index contributed by atoms with van der Waals surface area (Å²) < 4.78 is 0. The lowest BCUT2D eigenvalue weighted by Crippen LogP contribution is -2.65. The van der Waals surface area contributed by atoms with Gasteiger partial charge in [-0.15, -0.1) is 0 Å². The van der Waals surface area contributed by atoms with E-state index in [2.05, 4.69) is 31.0 Å². The second-order valence-corrected chi connectivity index (χ2v) is 7.59. The molecular weight excluding hydrogens is 232 g/mol. The molecule has 0 aromatic heterocycles. The summed E-state index contributed by atoms with van der Waals surface area (Å²) in [6.45, 7) is 11.1. The lowest BCUT2D eigenvalue weighted by Gasteiger charge is -2.48. The summed E-state index contributed by atoms with van der Waals surface area (Å²) in [6, 6.07) is 0.840. The van der Waals surface area contributed by atoms with Crippen molar-refractivity contribution in [3.05, 3.63) is 0 Å². The lowest BCUT2D eigenvalue weighted by atomic mass is 9.88. The van der Waals surface area contributed by atoms with Crippen LogP contribution in [0, 0.1) is 17.8 Å². The van der Waals surface area contributed by atoms with Crippen molar-refractivity contribution < 1.29 is 0 Å². The van der Waals surface area contributed by atoms with Crippen molar-refractivity contribution in [2.75, 3.05) is 19.6 Å². The summed E-state index contributed by atoms with van der Waals surface area (Å²) in [4.78, 5) is 2.88. The van der Waals surface area contributed by atoms with Crippen molar-refractivity contribution in [2.45, 2.75) is 70.9 Å². The molecule has 2 atom stereocenters. The van der Waals surface area contributed by atoms with E-state index in [1.165, 1.54) is 58.2 Å². The second kappa shape index (κ2) is 5.37. The van der Waals surface area contributed by atoms with Crippen molar-refractivity contribution >= 4 is 0 Å². The third kappa shape index (κ3) is 3.00. The zero-order valence-electron chi connectivity index (χ0n) is 13.1. The quantitative estimate of drug-likeness (QED) is 0.792. The smallest absolute Gasteiger partial charge is 0.0309 e. The number of piperazine rings is 1. The Labute approximate surface area is 119 Å². The van der Waals surface area contributed by atoms with E-state index < -0.39 is 0 Å². The molecule has 2 saturated carbocycles. The van der Waals surface area contributed by atoms with E-state index in [0.717, 1.165) is 23.8 Å². The molecule has 1 N–H and O–H groups in total. The number of rotatable bonds is 6. The Kier molecular flexibility index (Phi) is 3.92. The SMILES string of the molecule is CCC(CC)CN1CC(C)(C2CC2)NCC1C1CC1. The molecule has 0 amide bonds. The maximum absolute atomic E-state index is 3.93. The average Bonchev–Trinajstić information content (AvgIpc) is 3.28. The van der Waals surface area contributed by atoms with Crippen molar-refractivity contribution in [2.24, 2.45) is 17.8 Å². The molecule has 1 heterocycles. The van der Waals surface area contributed by atoms with Crippen LogP contribution >= 0.6 is 0 Å². The third-order valence-electron chi connectivity index (χ3n) is 6.01. The summed E-state index contributed by atoms with van der Waals surface area (Å²) in [5.74, 6) is 2.87. The first-order chi connectivity index (χ1) is 9.16. The molecule has 3 fully saturated rings. The first kappa shape index (κ1) is 13.9. The van der Waals surface area contributed by atoms with Gasteiger partial charge in [0.15, 0.2) is 0 Å². The van der Waals surface area contributed by atoms with E-state index in [-0.39, 0.29) is 0 Å². The van der Waals surface area contributed by atoms with Crippen LogP contribution < -0.4 is 5.32 Å². The molecule has 2 nitrogen and oxygen atoms in total. The van der Waals surface area contributed by atoms with Gasteiger partial charge in [0.1, 0.15) is 0 Å². The molecule has 2 unspecified atom stereocenters. The normalized spacial score (nSPS) is 36.9. The summed E-state index contributed by atoms with van der Waals surface area (Å²) in [6.07, 6.45) is 8.56. The van der Waals surface area contributed by atoms with Crippen molar-refractivity contribution in [1.29, 1.82) is 0 Å². The molecule has 0 bridgehead atoms. The Hall–Kier alpha value is -0.0800. The molecule has 0 aromatic carbocycles. The molecule has 110 valence electrons. The van der Waals surface area contributed by atoms with Gasteiger partial charge in [0.05, 0.1) is 0 Å². The number of nitrogens with zero attached hydrogens (tertiary/aromatic N) is 1. The highest BCUT2D eigenvalue weighted by Crippen LogP contribution is 2.44. The average molecular weight is 264 g/mol. The monoisotopic (exact) mass is 264 g/mol. The predicted molar refractivity (Wildman–Crippen MR) is 81.3 cm³/mol. The molecule has 3 rings (SSSR count). The highest BCUT2D eigenvalue weighted by Gasteiger charge is 2.48. The molecule has 2 aliphatic carbocycles. The molecular formula is C17H32N2. The van der Waals surface area contributed by atoms with Crippen LogP contribution in [0.5, 0.6) is 0 Å². The maximum Gasteiger partial charge on any atom is 0.0309 e. The third-order valence-corrected chi connectivity index (χ3v) is 6.01. The topological polar surface area (TPSA) is 15.3 Å². The maximum atomic E-state index is 3.93. The summed E-state index contributed by atoms with van der Waals surface area (Å²) in [5.41, 5.74) is 0.414. The fourth-order valence-corrected chi connectivity index (χ4v) is 4.08. The molecule has 1 aliphatic heterocycles. The Bertz CT molecular complexity index is 304. The van der Waals surface area contributed by atoms with Crippen molar-refractivity contribution in [3.8, 4) is 0 Å². The Morgan fingerprint density at radius 3 is 2.37 bits per heavy atom. The largest absolute Gasteiger partial charge is 0.308 e. The Morgan fingerprint density at radius 1 is 1.16 bits per heavy atom. The first-order valence-corrected chi connectivity index (χ1v) is 8.65. The first-order valence-electron chi connectivity index (χ1n) is 8.65. The van der Waals surface area contributed by atoms with Crippen molar-refractivity contribution in [3.63, 3.8) is 0 Å². The van der Waals surface area contributed by atoms with Crippen LogP contribution in [0.15, 0.2) is 0 Å². The van der Waals surface area contributed by atoms with Crippen LogP contribution in [-0.2, 0) is 0 Å². The Balaban J connectivity index is 1.66. The minimum Gasteiger partial charge on any atom is -0.308 e. The predicted octanol–water partition coefficient (Wildman–Crippen LogP) is 3.28. The van der Waals surface area contributed by atoms with Crippen LogP contribution in [0.2, 0.25) is 0 Å². The molecule has 0 radical (unpaired) electrons. The highest BCUT2D eigenvalue weighted by atomic mass is 15.3. The van der Waals surface area contributed by atoms with Gasteiger partial charge in [0.2, 0.25) is 0 Å². The zero-order chi connectivity index (χ0) is 13.5. The van der Waals surface area contributed by atoms with Gasteiger partial charge >= 0.3 is 0 Å². The van der Waals surface area contributed by atoms with Gasteiger partial charge in [-0.2, -0.15) is 0 Å². The van der Waals surface area contributed by atoms with E-state index in [9.17, 15) is 0 Å². The van der Waals surface area contributed by atoms with Gasteiger partial charge in [-0.3, -0.25) is 4.90 Å². The standard InChI is InChI=1S/C17H32N2/c1-4-13(5-2)11-19-12-17(3,15-8-9-15)18-10-16(19)14-6-7-14/h13-16,18H,4-12H2,1-3H3. The number of hydrogen-bond donors (Lipinski definition) is 1. The van der Waals surface area contributed by atoms with Crippen LogP contribution in [0.25, 0.3) is 0 Å². The van der Waals surface area contributed by atoms with Crippen LogP contribution in [-0.4, -0.2) is 36.1 Å². The molecule has 0 spiro atoms. The van der Waals surface area contributed by atoms with Gasteiger partial charge in [0, 0.05) is 31.2 Å². The molecule has 19 heavy (non-hydrogen) atoms. The minimum atomic E-state index is 0.414. The second-order valence-electron chi connectivity index (χ2n) is 7.59. The summed E-state index contributed by atoms with van der Waals surface area (Å²) in [5, 5.41) is 3.93. The van der Waals surface area contributed by atoms with Crippen LogP contribution in [0.4, 0.5) is 0 Å². The van der Waals surface area contributed by atoms with E-state index in [0.29, 0.717) is 5.54 Å². The van der Waals surface area contributed by atoms with Crippen molar-refractivity contribution in [1.82, 2.24) is 10.2 Å². The summed E-state index contributed by atoms with van der Waals surface area (Å²) in [7, 11) is 0. The fraction of sp³-hybridized carbons (Fsp3) is 1.00. The van der Waals surface area contributed by atoms with Gasteiger partial charge < -0.3 is 5.32 Å². The van der Waals surface area contributed by atoms with Gasteiger partial charge in [-0.1, -0.05) is 26.7 Å². The zero-order valence-corrected chi connectivity index (χ0v) is 13.1. The number of hydrogen-bond acceptors (Lipinski definition) is 2. The van der Waals surface area contributed by atoms with E-state index in [1.807, 2.05) is 0 Å². The molecule has 1 saturated heterocycles. The molecule has 2 heteroatoms. The number of nitrogens with one attached hydrogen (secondary N) is 1. The van der Waals surface area contributed by atoms with Crippen LogP contribution in [0.3, 0.4) is 0 Å². The molecule has 0 aromatic rings.